The van der Waals surface area contributed by atoms with Gasteiger partial charge in [0.2, 0.25) is 5.91 Å². The molecule has 0 spiro atoms. The van der Waals surface area contributed by atoms with Gasteiger partial charge in [-0.3, -0.25) is 4.79 Å². The second-order valence-corrected chi connectivity index (χ2v) is 8.03. The Hall–Kier alpha value is -1.80. The van der Waals surface area contributed by atoms with Crippen molar-refractivity contribution >= 4 is 17.2 Å². The first-order valence-electron chi connectivity index (χ1n) is 8.63. The van der Waals surface area contributed by atoms with Crippen molar-refractivity contribution in [3.63, 3.8) is 0 Å². The summed E-state index contributed by atoms with van der Waals surface area (Å²) in [5.41, 5.74) is 1.10. The van der Waals surface area contributed by atoms with E-state index in [1.807, 2.05) is 4.68 Å². The Labute approximate surface area is 151 Å². The number of nitrogens with zero attached hydrogens (tertiary/aromatic N) is 4. The van der Waals surface area contributed by atoms with Crippen molar-refractivity contribution in [2.45, 2.75) is 65.1 Å². The molecule has 7 nitrogen and oxygen atoms in total. The van der Waals surface area contributed by atoms with Crippen molar-refractivity contribution in [2.24, 2.45) is 0 Å². The third-order valence-electron chi connectivity index (χ3n) is 4.28. The average Bonchev–Trinajstić information content (AvgIpc) is 3.10. The van der Waals surface area contributed by atoms with Gasteiger partial charge >= 0.3 is 0 Å². The number of nitrogens with one attached hydrogen (secondary N) is 1. The molecule has 0 saturated carbocycles. The summed E-state index contributed by atoms with van der Waals surface area (Å²) in [6, 6.07) is 0.0859. The van der Waals surface area contributed by atoms with E-state index in [1.54, 1.807) is 18.4 Å². The molecule has 0 aliphatic carbocycles. The summed E-state index contributed by atoms with van der Waals surface area (Å²) in [7, 11) is 1.63. The van der Waals surface area contributed by atoms with Crippen molar-refractivity contribution in [2.75, 3.05) is 7.11 Å². The van der Waals surface area contributed by atoms with Crippen LogP contribution in [0.4, 0.5) is 0 Å². The van der Waals surface area contributed by atoms with Gasteiger partial charge in [-0.2, -0.15) is 5.10 Å². The standard InChI is InChI=1S/C17H25N5O2S/c1-10(2)17-11(3)25-16(20-17)7-15(23)18-12-5-6-14-19-13(9-24-4)21-22(14)8-12/h10,12H,5-9H2,1-4H3,(H,18,23). The highest BCUT2D eigenvalue weighted by Gasteiger charge is 2.23. The molecule has 0 fully saturated rings. The van der Waals surface area contributed by atoms with Gasteiger partial charge in [-0.25, -0.2) is 14.6 Å². The molecule has 8 heteroatoms. The number of fused-ring (bicyclic) bond motifs is 1. The number of carbonyl (C=O) groups is 1. The van der Waals surface area contributed by atoms with Gasteiger partial charge in [0.1, 0.15) is 17.4 Å². The maximum absolute atomic E-state index is 12.4. The van der Waals surface area contributed by atoms with E-state index in [1.165, 1.54) is 4.88 Å². The lowest BCUT2D eigenvalue weighted by Gasteiger charge is -2.23. The molecule has 2 aromatic rings. The number of thiazole rings is 1. The van der Waals surface area contributed by atoms with E-state index in [9.17, 15) is 4.79 Å². The minimum absolute atomic E-state index is 0.0229. The molecule has 1 N–H and O–H groups in total. The Kier molecular flexibility index (Phi) is 5.48. The number of aryl methyl sites for hydroxylation is 2. The van der Waals surface area contributed by atoms with E-state index in [0.717, 1.165) is 29.4 Å². The Bertz CT molecular complexity index is 752. The quantitative estimate of drug-likeness (QED) is 0.849. The topological polar surface area (TPSA) is 81.9 Å². The van der Waals surface area contributed by atoms with Crippen LogP contribution in [-0.2, 0) is 35.5 Å². The molecule has 3 heterocycles. The summed E-state index contributed by atoms with van der Waals surface area (Å²) in [5.74, 6) is 2.08. The number of ether oxygens (including phenoxy) is 1. The summed E-state index contributed by atoms with van der Waals surface area (Å²) in [6.07, 6.45) is 2.04. The molecule has 0 bridgehead atoms. The van der Waals surface area contributed by atoms with E-state index < -0.39 is 0 Å². The van der Waals surface area contributed by atoms with Gasteiger partial charge < -0.3 is 10.1 Å². The molecule has 25 heavy (non-hydrogen) atoms. The highest BCUT2D eigenvalue weighted by molar-refractivity contribution is 7.11. The number of rotatable bonds is 6. The van der Waals surface area contributed by atoms with Gasteiger partial charge in [-0.15, -0.1) is 11.3 Å². The van der Waals surface area contributed by atoms with Gasteiger partial charge in [-0.05, 0) is 19.3 Å². The van der Waals surface area contributed by atoms with Crippen LogP contribution in [0.2, 0.25) is 0 Å². The Morgan fingerprint density at radius 3 is 2.92 bits per heavy atom. The van der Waals surface area contributed by atoms with Crippen molar-refractivity contribution < 1.29 is 9.53 Å². The van der Waals surface area contributed by atoms with Gasteiger partial charge in [0.05, 0.1) is 18.7 Å². The van der Waals surface area contributed by atoms with Crippen LogP contribution in [0, 0.1) is 6.92 Å². The Morgan fingerprint density at radius 2 is 2.24 bits per heavy atom. The normalized spacial score (nSPS) is 16.9. The largest absolute Gasteiger partial charge is 0.377 e. The van der Waals surface area contributed by atoms with E-state index in [0.29, 0.717) is 31.3 Å². The summed E-state index contributed by atoms with van der Waals surface area (Å²) in [5, 5.41) is 8.44. The molecular weight excluding hydrogens is 338 g/mol. The van der Waals surface area contributed by atoms with E-state index >= 15 is 0 Å². The van der Waals surface area contributed by atoms with Gasteiger partial charge in [0, 0.05) is 24.4 Å². The molecule has 1 aliphatic rings. The molecule has 0 saturated heterocycles. The zero-order chi connectivity index (χ0) is 18.0. The smallest absolute Gasteiger partial charge is 0.227 e. The Morgan fingerprint density at radius 1 is 1.44 bits per heavy atom. The molecule has 3 rings (SSSR count). The molecule has 1 amide bonds. The van der Waals surface area contributed by atoms with Crippen LogP contribution < -0.4 is 5.32 Å². The van der Waals surface area contributed by atoms with Crippen molar-refractivity contribution in [1.82, 2.24) is 25.1 Å². The monoisotopic (exact) mass is 363 g/mol. The molecule has 136 valence electrons. The van der Waals surface area contributed by atoms with Crippen LogP contribution in [0.3, 0.4) is 0 Å². The van der Waals surface area contributed by atoms with Crippen LogP contribution in [0.5, 0.6) is 0 Å². The van der Waals surface area contributed by atoms with Crippen LogP contribution in [0.15, 0.2) is 0 Å². The summed E-state index contributed by atoms with van der Waals surface area (Å²) >= 11 is 1.62. The maximum atomic E-state index is 12.4. The molecule has 1 atom stereocenters. The van der Waals surface area contributed by atoms with Crippen LogP contribution in [0.25, 0.3) is 0 Å². The van der Waals surface area contributed by atoms with E-state index in [4.69, 9.17) is 4.74 Å². The average molecular weight is 363 g/mol. The third kappa shape index (κ3) is 4.24. The molecule has 1 unspecified atom stereocenters. The number of aromatic nitrogens is 4. The summed E-state index contributed by atoms with van der Waals surface area (Å²) in [6.45, 7) is 7.40. The predicted molar refractivity (Wildman–Crippen MR) is 95.6 cm³/mol. The van der Waals surface area contributed by atoms with E-state index in [2.05, 4.69) is 41.2 Å². The first-order valence-corrected chi connectivity index (χ1v) is 9.45. The second-order valence-electron chi connectivity index (χ2n) is 6.74. The molecule has 0 radical (unpaired) electrons. The lowest BCUT2D eigenvalue weighted by Crippen LogP contribution is -2.42. The minimum atomic E-state index is 0.0229. The maximum Gasteiger partial charge on any atom is 0.227 e. The highest BCUT2D eigenvalue weighted by Crippen LogP contribution is 2.24. The first-order chi connectivity index (χ1) is 12.0. The third-order valence-corrected chi connectivity index (χ3v) is 5.26. The van der Waals surface area contributed by atoms with Crippen molar-refractivity contribution in [3.05, 3.63) is 27.2 Å². The SMILES string of the molecule is COCc1nc2n(n1)CC(NC(=O)Cc1nc(C(C)C)c(C)s1)CC2. The van der Waals surface area contributed by atoms with Gasteiger partial charge in [0.25, 0.3) is 0 Å². The number of carbonyl (C=O) groups excluding carboxylic acids is 1. The fourth-order valence-electron chi connectivity index (χ4n) is 3.16. The fraction of sp³-hybridized carbons (Fsp3) is 0.647. The van der Waals surface area contributed by atoms with Crippen molar-refractivity contribution in [3.8, 4) is 0 Å². The van der Waals surface area contributed by atoms with Gasteiger partial charge in [0.15, 0.2) is 5.82 Å². The van der Waals surface area contributed by atoms with Crippen LogP contribution >= 0.6 is 11.3 Å². The zero-order valence-corrected chi connectivity index (χ0v) is 16.0. The minimum Gasteiger partial charge on any atom is -0.377 e. The zero-order valence-electron chi connectivity index (χ0n) is 15.2. The van der Waals surface area contributed by atoms with Crippen LogP contribution in [0.1, 0.15) is 53.4 Å². The fourth-order valence-corrected chi connectivity index (χ4v) is 4.25. The van der Waals surface area contributed by atoms with Crippen LogP contribution in [-0.4, -0.2) is 38.8 Å². The Balaban J connectivity index is 1.57. The summed E-state index contributed by atoms with van der Waals surface area (Å²) in [4.78, 5) is 22.7. The number of methoxy groups -OCH3 is 1. The lowest BCUT2D eigenvalue weighted by atomic mass is 10.1. The molecular formula is C17H25N5O2S. The second kappa shape index (κ2) is 7.61. The van der Waals surface area contributed by atoms with Crippen molar-refractivity contribution in [1.29, 1.82) is 0 Å². The molecule has 2 aromatic heterocycles. The molecule has 0 aromatic carbocycles. The lowest BCUT2D eigenvalue weighted by molar-refractivity contribution is -0.121. The highest BCUT2D eigenvalue weighted by atomic mass is 32.1. The first kappa shape index (κ1) is 18.0. The number of amides is 1. The van der Waals surface area contributed by atoms with Gasteiger partial charge in [-0.1, -0.05) is 13.8 Å². The number of hydrogen-bond donors (Lipinski definition) is 1. The summed E-state index contributed by atoms with van der Waals surface area (Å²) < 4.78 is 6.96. The molecule has 1 aliphatic heterocycles. The predicted octanol–water partition coefficient (Wildman–Crippen LogP) is 1.99. The number of hydrogen-bond acceptors (Lipinski definition) is 6. The van der Waals surface area contributed by atoms with E-state index in [-0.39, 0.29) is 11.9 Å².